The highest BCUT2D eigenvalue weighted by molar-refractivity contribution is 7.95. The quantitative estimate of drug-likeness (QED) is 0.616. The lowest BCUT2D eigenvalue weighted by Gasteiger charge is -2.20. The van der Waals surface area contributed by atoms with Gasteiger partial charge in [-0.1, -0.05) is 0 Å². The highest BCUT2D eigenvalue weighted by Gasteiger charge is 2.19. The maximum absolute atomic E-state index is 9.31. The molecule has 1 heterocycles. The van der Waals surface area contributed by atoms with Crippen LogP contribution in [0.3, 0.4) is 0 Å². The Hall–Kier alpha value is -0.380. The Balaban J connectivity index is 0.00000128. The SMILES string of the molecule is Cc1cc(O)ccc1S[O+]1CCCCC1.[Cl-]. The van der Waals surface area contributed by atoms with Crippen molar-refractivity contribution < 1.29 is 21.3 Å². The minimum Gasteiger partial charge on any atom is -1.00 e. The molecule has 1 N–H and O–H groups in total. The van der Waals surface area contributed by atoms with E-state index in [-0.39, 0.29) is 12.4 Å². The fraction of sp³-hybridized carbons (Fsp3) is 0.500. The van der Waals surface area contributed by atoms with E-state index in [1.54, 1.807) is 18.1 Å². The number of halogens is 1. The summed E-state index contributed by atoms with van der Waals surface area (Å²) in [5, 5.41) is 9.31. The van der Waals surface area contributed by atoms with Crippen molar-refractivity contribution in [3.63, 3.8) is 0 Å². The Morgan fingerprint density at radius 2 is 1.88 bits per heavy atom. The molecule has 0 aliphatic carbocycles. The molecule has 0 aromatic heterocycles. The van der Waals surface area contributed by atoms with Crippen LogP contribution < -0.4 is 12.4 Å². The maximum atomic E-state index is 9.31. The molecule has 2 rings (SSSR count). The van der Waals surface area contributed by atoms with Crippen molar-refractivity contribution in [2.75, 3.05) is 13.2 Å². The predicted octanol–water partition coefficient (Wildman–Crippen LogP) is 0.448. The van der Waals surface area contributed by atoms with Gasteiger partial charge in [0.15, 0.2) is 13.2 Å². The third kappa shape index (κ3) is 3.58. The Kier molecular flexibility index (Phi) is 5.46. The van der Waals surface area contributed by atoms with E-state index in [0.29, 0.717) is 5.75 Å². The van der Waals surface area contributed by atoms with Crippen LogP contribution in [-0.4, -0.2) is 18.3 Å². The largest absolute Gasteiger partial charge is 1.00 e. The molecule has 90 valence electrons. The summed E-state index contributed by atoms with van der Waals surface area (Å²) in [6.45, 7) is 4.24. The molecule has 0 bridgehead atoms. The standard InChI is InChI=1S/C12H16O2S.ClH/c1-10-9-11(13)5-6-12(10)15-14-7-3-2-4-8-14;/h5-6,9H,2-4,7-8H2,1H3;1H. The lowest BCUT2D eigenvalue weighted by atomic mass is 10.2. The predicted molar refractivity (Wildman–Crippen MR) is 63.4 cm³/mol. The minimum absolute atomic E-state index is 0. The van der Waals surface area contributed by atoms with E-state index in [1.165, 1.54) is 24.2 Å². The highest BCUT2D eigenvalue weighted by Crippen LogP contribution is 2.33. The van der Waals surface area contributed by atoms with Gasteiger partial charge < -0.3 is 21.3 Å². The molecule has 1 aromatic carbocycles. The fourth-order valence-electron chi connectivity index (χ4n) is 1.74. The van der Waals surface area contributed by atoms with E-state index in [2.05, 4.69) is 3.81 Å². The topological polar surface area (TPSA) is 22.9 Å². The van der Waals surface area contributed by atoms with Gasteiger partial charge in [-0.2, -0.15) is 0 Å². The maximum Gasteiger partial charge on any atom is 0.225 e. The summed E-state index contributed by atoms with van der Waals surface area (Å²) in [6, 6.07) is 5.55. The van der Waals surface area contributed by atoms with Crippen LogP contribution in [0, 0.1) is 6.92 Å². The van der Waals surface area contributed by atoms with Gasteiger partial charge >= 0.3 is 0 Å². The van der Waals surface area contributed by atoms with E-state index in [0.717, 1.165) is 18.8 Å². The monoisotopic (exact) mass is 260 g/mol. The molecular weight excluding hydrogens is 244 g/mol. The van der Waals surface area contributed by atoms with Crippen LogP contribution in [0.4, 0.5) is 0 Å². The smallest absolute Gasteiger partial charge is 0.225 e. The molecule has 0 saturated carbocycles. The second-order valence-electron chi connectivity index (χ2n) is 3.94. The average Bonchev–Trinajstić information content (AvgIpc) is 2.24. The molecule has 1 saturated heterocycles. The van der Waals surface area contributed by atoms with Crippen molar-refractivity contribution in [1.82, 2.24) is 0 Å². The molecule has 1 fully saturated rings. The molecular formula is C12H17ClO2S. The number of hydrogen-bond acceptors (Lipinski definition) is 2. The molecule has 1 aliphatic heterocycles. The van der Waals surface area contributed by atoms with Gasteiger partial charge in [0, 0.05) is 12.8 Å². The summed E-state index contributed by atoms with van der Waals surface area (Å²) in [5.74, 6) is 0.348. The van der Waals surface area contributed by atoms with Gasteiger partial charge in [0.05, 0.1) is 4.90 Å². The Labute approximate surface area is 107 Å². The number of hydrogen-bond donors (Lipinski definition) is 1. The van der Waals surface area contributed by atoms with Crippen molar-refractivity contribution >= 4 is 12.0 Å². The summed E-state index contributed by atoms with van der Waals surface area (Å²) in [5.41, 5.74) is 1.14. The molecule has 16 heavy (non-hydrogen) atoms. The molecule has 2 nitrogen and oxygen atoms in total. The van der Waals surface area contributed by atoms with Crippen molar-refractivity contribution in [3.05, 3.63) is 23.8 Å². The summed E-state index contributed by atoms with van der Waals surface area (Å²) in [6.07, 6.45) is 3.89. The lowest BCUT2D eigenvalue weighted by molar-refractivity contribution is -0.00000823. The van der Waals surface area contributed by atoms with E-state index in [4.69, 9.17) is 0 Å². The van der Waals surface area contributed by atoms with Crippen LogP contribution in [0.25, 0.3) is 0 Å². The molecule has 0 spiro atoms. The molecule has 1 aromatic rings. The van der Waals surface area contributed by atoms with E-state index >= 15 is 0 Å². The van der Waals surface area contributed by atoms with Gasteiger partial charge in [0.2, 0.25) is 12.0 Å². The van der Waals surface area contributed by atoms with Gasteiger partial charge in [-0.25, -0.2) is 0 Å². The average molecular weight is 261 g/mol. The van der Waals surface area contributed by atoms with Crippen molar-refractivity contribution in [1.29, 1.82) is 0 Å². The zero-order valence-electron chi connectivity index (χ0n) is 9.41. The first-order valence-corrected chi connectivity index (χ1v) is 6.15. The first-order chi connectivity index (χ1) is 7.25. The van der Waals surface area contributed by atoms with E-state index in [9.17, 15) is 5.11 Å². The van der Waals surface area contributed by atoms with Crippen LogP contribution in [0.15, 0.2) is 23.1 Å². The van der Waals surface area contributed by atoms with Gasteiger partial charge in [0.1, 0.15) is 5.75 Å². The molecule has 4 heteroatoms. The summed E-state index contributed by atoms with van der Waals surface area (Å²) < 4.78 is 3.23. The van der Waals surface area contributed by atoms with Crippen molar-refractivity contribution in [2.24, 2.45) is 0 Å². The second-order valence-corrected chi connectivity index (χ2v) is 5.02. The van der Waals surface area contributed by atoms with Gasteiger partial charge in [-0.15, -0.1) is 0 Å². The second kappa shape index (κ2) is 6.38. The van der Waals surface area contributed by atoms with E-state index in [1.807, 2.05) is 19.1 Å². The Morgan fingerprint density at radius 1 is 1.19 bits per heavy atom. The normalized spacial score (nSPS) is 16.8. The number of rotatable bonds is 2. The Morgan fingerprint density at radius 3 is 2.50 bits per heavy atom. The minimum atomic E-state index is 0. The first-order valence-electron chi connectivity index (χ1n) is 5.41. The van der Waals surface area contributed by atoms with Crippen LogP contribution in [0.5, 0.6) is 5.75 Å². The number of benzene rings is 1. The summed E-state index contributed by atoms with van der Waals surface area (Å²) in [4.78, 5) is 1.22. The van der Waals surface area contributed by atoms with Crippen LogP contribution in [0.1, 0.15) is 24.8 Å². The van der Waals surface area contributed by atoms with Gasteiger partial charge in [-0.05, 0) is 37.1 Å². The van der Waals surface area contributed by atoms with Gasteiger partial charge in [-0.3, -0.25) is 0 Å². The summed E-state index contributed by atoms with van der Waals surface area (Å²) in [7, 11) is 0. The fourth-order valence-corrected chi connectivity index (χ4v) is 2.71. The molecule has 0 radical (unpaired) electrons. The first kappa shape index (κ1) is 13.7. The third-order valence-corrected chi connectivity index (χ3v) is 3.82. The molecule has 0 unspecified atom stereocenters. The molecule has 1 aliphatic rings. The number of aryl methyl sites for hydroxylation is 1. The Bertz CT molecular complexity index is 338. The van der Waals surface area contributed by atoms with Gasteiger partial charge in [0.25, 0.3) is 0 Å². The highest BCUT2D eigenvalue weighted by atomic mass is 35.5. The third-order valence-electron chi connectivity index (χ3n) is 2.61. The zero-order valence-corrected chi connectivity index (χ0v) is 11.0. The lowest BCUT2D eigenvalue weighted by Crippen LogP contribution is -3.00. The van der Waals surface area contributed by atoms with Crippen molar-refractivity contribution in [3.8, 4) is 5.75 Å². The molecule has 0 amide bonds. The van der Waals surface area contributed by atoms with Crippen molar-refractivity contribution in [2.45, 2.75) is 31.1 Å². The van der Waals surface area contributed by atoms with Crippen LogP contribution in [-0.2, 0) is 3.81 Å². The molecule has 0 atom stereocenters. The van der Waals surface area contributed by atoms with Crippen LogP contribution >= 0.6 is 12.0 Å². The van der Waals surface area contributed by atoms with E-state index < -0.39 is 0 Å². The number of aromatic hydroxyl groups is 1. The van der Waals surface area contributed by atoms with Crippen LogP contribution in [0.2, 0.25) is 0 Å². The summed E-state index contributed by atoms with van der Waals surface area (Å²) >= 11 is 1.74. The zero-order chi connectivity index (χ0) is 10.7. The number of phenols is 1. The number of phenolic OH excluding ortho intramolecular Hbond substituents is 1.